The number of ether oxygens (including phenoxy) is 2. The van der Waals surface area contributed by atoms with Crippen LogP contribution in [0.4, 0.5) is 11.5 Å². The maximum atomic E-state index is 11.2. The van der Waals surface area contributed by atoms with Gasteiger partial charge in [-0.3, -0.25) is 0 Å². The second kappa shape index (κ2) is 8.61. The fourth-order valence-corrected chi connectivity index (χ4v) is 3.18. The summed E-state index contributed by atoms with van der Waals surface area (Å²) in [5, 5.41) is 14.3. The zero-order valence-electron chi connectivity index (χ0n) is 16.8. The minimum Gasteiger partial charge on any atom is -0.482 e. The monoisotopic (exact) mass is 399 g/mol. The molecule has 0 fully saturated rings. The Morgan fingerprint density at radius 3 is 2.43 bits per heavy atom. The van der Waals surface area contributed by atoms with E-state index in [4.69, 9.17) is 4.74 Å². The van der Waals surface area contributed by atoms with Crippen LogP contribution in [0, 0.1) is 6.92 Å². The van der Waals surface area contributed by atoms with Gasteiger partial charge in [-0.1, -0.05) is 36.4 Å². The van der Waals surface area contributed by atoms with Crippen molar-refractivity contribution in [3.05, 3.63) is 78.4 Å². The van der Waals surface area contributed by atoms with Crippen molar-refractivity contribution in [2.24, 2.45) is 0 Å². The summed E-state index contributed by atoms with van der Waals surface area (Å²) in [5.41, 5.74) is 3.82. The van der Waals surface area contributed by atoms with E-state index in [9.17, 15) is 4.79 Å². The van der Waals surface area contributed by atoms with E-state index >= 15 is 0 Å². The Balaban J connectivity index is 1.65. The second-order valence-electron chi connectivity index (χ2n) is 6.83. The molecule has 0 amide bonds. The number of nitrogens with one attached hydrogen (secondary N) is 1. The number of hydrogen-bond acceptors (Lipinski definition) is 6. The van der Waals surface area contributed by atoms with Crippen molar-refractivity contribution in [2.45, 2.75) is 6.92 Å². The molecule has 150 valence electrons. The summed E-state index contributed by atoms with van der Waals surface area (Å²) < 4.78 is 10.00. The molecule has 0 aliphatic rings. The lowest BCUT2D eigenvalue weighted by molar-refractivity contribution is -0.142. The number of methoxy groups -OCH3 is 1. The predicted molar refractivity (Wildman–Crippen MR) is 117 cm³/mol. The van der Waals surface area contributed by atoms with Crippen molar-refractivity contribution < 1.29 is 14.3 Å². The van der Waals surface area contributed by atoms with E-state index < -0.39 is 5.97 Å². The molecular weight excluding hydrogens is 378 g/mol. The summed E-state index contributed by atoms with van der Waals surface area (Å²) in [6.45, 7) is 1.93. The highest BCUT2D eigenvalue weighted by atomic mass is 16.6. The molecule has 0 saturated carbocycles. The summed E-state index contributed by atoms with van der Waals surface area (Å²) in [5.74, 6) is 0.866. The third kappa shape index (κ3) is 4.22. The van der Waals surface area contributed by atoms with Gasteiger partial charge in [0.15, 0.2) is 12.4 Å². The zero-order valence-corrected chi connectivity index (χ0v) is 16.8. The van der Waals surface area contributed by atoms with Gasteiger partial charge in [-0.25, -0.2) is 4.79 Å². The highest BCUT2D eigenvalue weighted by Gasteiger charge is 2.12. The van der Waals surface area contributed by atoms with Gasteiger partial charge in [-0.2, -0.15) is 0 Å². The van der Waals surface area contributed by atoms with Gasteiger partial charge >= 0.3 is 5.97 Å². The third-order valence-electron chi connectivity index (χ3n) is 4.68. The number of carbonyl (C=O) groups is 1. The molecule has 6 nitrogen and oxygen atoms in total. The van der Waals surface area contributed by atoms with Crippen LogP contribution >= 0.6 is 0 Å². The minimum atomic E-state index is -0.423. The second-order valence-corrected chi connectivity index (χ2v) is 6.83. The van der Waals surface area contributed by atoms with E-state index in [0.29, 0.717) is 11.6 Å². The fourth-order valence-electron chi connectivity index (χ4n) is 3.18. The predicted octanol–water partition coefficient (Wildman–Crippen LogP) is 4.90. The Hall–Kier alpha value is -3.93. The summed E-state index contributed by atoms with van der Waals surface area (Å²) in [4.78, 5) is 11.2. The molecule has 1 aromatic heterocycles. The zero-order chi connectivity index (χ0) is 20.9. The number of anilines is 2. The first-order chi connectivity index (χ1) is 14.6. The van der Waals surface area contributed by atoms with Crippen molar-refractivity contribution in [3.8, 4) is 17.0 Å². The van der Waals surface area contributed by atoms with Crippen LogP contribution in [0.3, 0.4) is 0 Å². The van der Waals surface area contributed by atoms with Crippen LogP contribution in [0.2, 0.25) is 0 Å². The minimum absolute atomic E-state index is 0.127. The largest absolute Gasteiger partial charge is 0.482 e. The molecule has 0 radical (unpaired) electrons. The van der Waals surface area contributed by atoms with Gasteiger partial charge in [-0.15, -0.1) is 10.2 Å². The fraction of sp³-hybridized carbons (Fsp3) is 0.125. The first-order valence-corrected chi connectivity index (χ1v) is 9.53. The van der Waals surface area contributed by atoms with Gasteiger partial charge in [0.1, 0.15) is 11.4 Å². The topological polar surface area (TPSA) is 73.3 Å². The molecule has 0 spiro atoms. The molecule has 0 atom stereocenters. The quantitative estimate of drug-likeness (QED) is 0.465. The Kier molecular flexibility index (Phi) is 5.57. The van der Waals surface area contributed by atoms with Crippen molar-refractivity contribution in [3.63, 3.8) is 0 Å². The first-order valence-electron chi connectivity index (χ1n) is 9.53. The number of benzene rings is 3. The molecule has 4 rings (SSSR count). The lowest BCUT2D eigenvalue weighted by Crippen LogP contribution is -2.12. The van der Waals surface area contributed by atoms with Crippen LogP contribution in [0.25, 0.3) is 22.0 Å². The lowest BCUT2D eigenvalue weighted by Gasteiger charge is -2.12. The number of rotatable bonds is 6. The average Bonchev–Trinajstić information content (AvgIpc) is 2.78. The molecule has 3 aromatic carbocycles. The Bertz CT molecular complexity index is 1190. The molecule has 0 aliphatic heterocycles. The molecule has 0 bridgehead atoms. The molecule has 6 heteroatoms. The number of nitrogens with zero attached hydrogens (tertiary/aromatic N) is 2. The van der Waals surface area contributed by atoms with E-state index in [1.165, 1.54) is 12.7 Å². The van der Waals surface area contributed by atoms with Gasteiger partial charge in [0.05, 0.1) is 7.11 Å². The molecule has 1 heterocycles. The van der Waals surface area contributed by atoms with Crippen molar-refractivity contribution in [1.82, 2.24) is 10.2 Å². The van der Waals surface area contributed by atoms with Gasteiger partial charge in [0, 0.05) is 22.0 Å². The maximum Gasteiger partial charge on any atom is 0.343 e. The van der Waals surface area contributed by atoms with Crippen molar-refractivity contribution in [1.29, 1.82) is 0 Å². The van der Waals surface area contributed by atoms with E-state index in [1.54, 1.807) is 12.1 Å². The molecule has 0 saturated heterocycles. The smallest absolute Gasteiger partial charge is 0.343 e. The van der Waals surface area contributed by atoms with Gasteiger partial charge in [0.2, 0.25) is 0 Å². The molecular formula is C24H21N3O3. The van der Waals surface area contributed by atoms with Crippen LogP contribution in [-0.2, 0) is 9.53 Å². The third-order valence-corrected chi connectivity index (χ3v) is 4.68. The van der Waals surface area contributed by atoms with E-state index in [-0.39, 0.29) is 6.61 Å². The highest BCUT2D eigenvalue weighted by molar-refractivity contribution is 6.00. The first kappa shape index (κ1) is 19.4. The van der Waals surface area contributed by atoms with Gasteiger partial charge in [-0.05, 0) is 48.9 Å². The van der Waals surface area contributed by atoms with Crippen LogP contribution in [-0.4, -0.2) is 29.9 Å². The van der Waals surface area contributed by atoms with Crippen LogP contribution in [0.5, 0.6) is 5.75 Å². The van der Waals surface area contributed by atoms with Crippen molar-refractivity contribution >= 4 is 28.2 Å². The molecule has 4 aromatic rings. The Morgan fingerprint density at radius 2 is 1.70 bits per heavy atom. The van der Waals surface area contributed by atoms with Crippen LogP contribution in [0.1, 0.15) is 5.56 Å². The summed E-state index contributed by atoms with van der Waals surface area (Å²) in [6.07, 6.45) is 0. The average molecular weight is 399 g/mol. The number of esters is 1. The maximum absolute atomic E-state index is 11.2. The molecule has 1 N–H and O–H groups in total. The SMILES string of the molecule is COC(=O)COc1ccc(-c2nnc(Nc3cccc(C)c3)c3ccccc23)cc1. The molecule has 0 aliphatic carbocycles. The summed E-state index contributed by atoms with van der Waals surface area (Å²) in [7, 11) is 1.33. The lowest BCUT2D eigenvalue weighted by atomic mass is 10.0. The number of fused-ring (bicyclic) bond motifs is 1. The summed E-state index contributed by atoms with van der Waals surface area (Å²) in [6, 6.07) is 23.6. The van der Waals surface area contributed by atoms with E-state index in [0.717, 1.165) is 27.7 Å². The number of aryl methyl sites for hydroxylation is 1. The molecule has 0 unspecified atom stereocenters. The van der Waals surface area contributed by atoms with E-state index in [1.807, 2.05) is 48.5 Å². The van der Waals surface area contributed by atoms with Crippen LogP contribution in [0.15, 0.2) is 72.8 Å². The normalized spacial score (nSPS) is 10.6. The molecule has 30 heavy (non-hydrogen) atoms. The van der Waals surface area contributed by atoms with Crippen LogP contribution < -0.4 is 10.1 Å². The van der Waals surface area contributed by atoms with E-state index in [2.05, 4.69) is 39.3 Å². The Labute approximate surface area is 174 Å². The van der Waals surface area contributed by atoms with Gasteiger partial charge in [0.25, 0.3) is 0 Å². The number of hydrogen-bond donors (Lipinski definition) is 1. The number of carbonyl (C=O) groups excluding carboxylic acids is 1. The highest BCUT2D eigenvalue weighted by Crippen LogP contribution is 2.31. The Morgan fingerprint density at radius 1 is 0.933 bits per heavy atom. The van der Waals surface area contributed by atoms with Gasteiger partial charge < -0.3 is 14.8 Å². The van der Waals surface area contributed by atoms with Crippen molar-refractivity contribution in [2.75, 3.05) is 19.0 Å². The number of aromatic nitrogens is 2. The standard InChI is InChI=1S/C24H21N3O3/c1-16-6-5-7-18(14-16)25-24-21-9-4-3-8-20(21)23(26-27-24)17-10-12-19(13-11-17)30-15-22(28)29-2/h3-14H,15H2,1-2H3,(H,25,27). The summed E-state index contributed by atoms with van der Waals surface area (Å²) >= 11 is 0.